The molecular weight excluding hydrogens is 398 g/mol. The van der Waals surface area contributed by atoms with Gasteiger partial charge in [-0.15, -0.1) is 8.78 Å². The lowest BCUT2D eigenvalue weighted by molar-refractivity contribution is -0.286. The Bertz CT molecular complexity index is 1070. The molecule has 7 nitrogen and oxygen atoms in total. The van der Waals surface area contributed by atoms with Crippen molar-refractivity contribution in [2.24, 2.45) is 7.05 Å². The van der Waals surface area contributed by atoms with Crippen molar-refractivity contribution in [2.45, 2.75) is 25.2 Å². The van der Waals surface area contributed by atoms with E-state index >= 15 is 0 Å². The summed E-state index contributed by atoms with van der Waals surface area (Å²) in [4.78, 5) is 15.6. The van der Waals surface area contributed by atoms with Gasteiger partial charge < -0.3 is 23.9 Å². The molecule has 9 heteroatoms. The number of carboxylic acids is 1. The highest BCUT2D eigenvalue weighted by Crippen LogP contribution is 2.41. The molecule has 0 fully saturated rings. The summed E-state index contributed by atoms with van der Waals surface area (Å²) < 4.78 is 42.5. The maximum absolute atomic E-state index is 13.1. The fourth-order valence-electron chi connectivity index (χ4n) is 3.29. The monoisotopic (exact) mass is 416 g/mol. The van der Waals surface area contributed by atoms with Crippen LogP contribution in [0.3, 0.4) is 0 Å². The Morgan fingerprint density at radius 2 is 1.93 bits per heavy atom. The van der Waals surface area contributed by atoms with Crippen LogP contribution in [0, 0.1) is 0 Å². The lowest BCUT2D eigenvalue weighted by Crippen LogP contribution is -2.25. The van der Waals surface area contributed by atoms with Crippen LogP contribution in [0.5, 0.6) is 17.2 Å². The van der Waals surface area contributed by atoms with E-state index in [0.717, 1.165) is 5.56 Å². The van der Waals surface area contributed by atoms with E-state index in [2.05, 4.69) is 14.5 Å². The van der Waals surface area contributed by atoms with Crippen molar-refractivity contribution in [3.63, 3.8) is 0 Å². The normalized spacial score (nSPS) is 15.0. The van der Waals surface area contributed by atoms with E-state index in [1.807, 2.05) is 7.05 Å². The number of hydrogen-bond donors (Lipinski definition) is 1. The predicted molar refractivity (Wildman–Crippen MR) is 101 cm³/mol. The average molecular weight is 416 g/mol. The summed E-state index contributed by atoms with van der Waals surface area (Å²) in [6.07, 6.45) is -0.351. The zero-order chi connectivity index (χ0) is 21.3. The number of rotatable bonds is 7. The molecule has 0 saturated heterocycles. The molecular formula is C21H18F2N2O5. The molecule has 3 aromatic rings. The van der Waals surface area contributed by atoms with Gasteiger partial charge in [-0.1, -0.05) is 18.2 Å². The van der Waals surface area contributed by atoms with Gasteiger partial charge >= 0.3 is 12.3 Å². The van der Waals surface area contributed by atoms with Crippen molar-refractivity contribution in [1.82, 2.24) is 9.55 Å². The van der Waals surface area contributed by atoms with Crippen LogP contribution in [0.2, 0.25) is 0 Å². The van der Waals surface area contributed by atoms with E-state index in [1.165, 1.54) is 12.1 Å². The third-order valence-electron chi connectivity index (χ3n) is 4.70. The number of carboxylic acid groups (broad SMARTS) is 1. The first-order valence-corrected chi connectivity index (χ1v) is 9.11. The van der Waals surface area contributed by atoms with Gasteiger partial charge in [0.25, 0.3) is 0 Å². The van der Waals surface area contributed by atoms with E-state index in [1.54, 1.807) is 47.3 Å². The van der Waals surface area contributed by atoms with Gasteiger partial charge in [-0.3, -0.25) is 4.79 Å². The highest BCUT2D eigenvalue weighted by Gasteiger charge is 2.43. The zero-order valence-corrected chi connectivity index (χ0v) is 15.9. The molecule has 156 valence electrons. The van der Waals surface area contributed by atoms with Crippen molar-refractivity contribution in [2.75, 3.05) is 0 Å². The van der Waals surface area contributed by atoms with Gasteiger partial charge in [0.15, 0.2) is 11.5 Å². The Morgan fingerprint density at radius 3 is 2.60 bits per heavy atom. The van der Waals surface area contributed by atoms with E-state index < -0.39 is 18.2 Å². The molecule has 1 aromatic heterocycles. The number of hydrogen-bond acceptors (Lipinski definition) is 5. The summed E-state index contributed by atoms with van der Waals surface area (Å²) in [7, 11) is 1.82. The second-order valence-electron chi connectivity index (χ2n) is 6.85. The Labute approximate surface area is 170 Å². The Kier molecular flexibility index (Phi) is 5.03. The summed E-state index contributed by atoms with van der Waals surface area (Å²) >= 11 is 0. The number of halogens is 2. The largest absolute Gasteiger partial charge is 0.586 e. The highest BCUT2D eigenvalue weighted by atomic mass is 19.3. The topological polar surface area (TPSA) is 82.8 Å². The second-order valence-corrected chi connectivity index (χ2v) is 6.85. The smallest absolute Gasteiger partial charge is 0.489 e. The number of aryl methyl sites for hydroxylation is 1. The van der Waals surface area contributed by atoms with Crippen LogP contribution in [0.25, 0.3) is 0 Å². The fraction of sp³-hybridized carbons (Fsp3) is 0.238. The molecule has 1 unspecified atom stereocenters. The molecule has 1 N–H and O–H groups in total. The summed E-state index contributed by atoms with van der Waals surface area (Å²) in [5, 5.41) is 9.27. The standard InChI is InChI=1S/C21H18F2N2O5/c1-25-9-8-24-20(25)16(11-19(26)27)14-3-5-15(6-4-14)28-12-13-2-7-17-18(10-13)30-21(22,23)29-17/h2-10,16H,11-12H2,1H3,(H,26,27). The van der Waals surface area contributed by atoms with Crippen molar-refractivity contribution >= 4 is 5.97 Å². The maximum Gasteiger partial charge on any atom is 0.586 e. The molecule has 4 rings (SSSR count). The van der Waals surface area contributed by atoms with Crippen LogP contribution in [0.1, 0.15) is 29.3 Å². The van der Waals surface area contributed by atoms with Crippen LogP contribution in [-0.4, -0.2) is 26.9 Å². The Hall–Kier alpha value is -3.62. The number of nitrogens with zero attached hydrogens (tertiary/aromatic N) is 2. The number of carbonyl (C=O) groups is 1. The van der Waals surface area contributed by atoms with Crippen LogP contribution < -0.4 is 14.2 Å². The van der Waals surface area contributed by atoms with Crippen molar-refractivity contribution < 1.29 is 32.9 Å². The van der Waals surface area contributed by atoms with E-state index in [-0.39, 0.29) is 24.5 Å². The number of ether oxygens (including phenoxy) is 3. The van der Waals surface area contributed by atoms with Gasteiger partial charge in [0.05, 0.1) is 12.3 Å². The molecule has 1 aliphatic rings. The van der Waals surface area contributed by atoms with Crippen molar-refractivity contribution in [1.29, 1.82) is 0 Å². The van der Waals surface area contributed by atoms with Crippen LogP contribution in [0.15, 0.2) is 54.9 Å². The molecule has 2 heterocycles. The molecule has 30 heavy (non-hydrogen) atoms. The van der Waals surface area contributed by atoms with Gasteiger partial charge in [0, 0.05) is 19.4 Å². The minimum Gasteiger partial charge on any atom is -0.489 e. The molecule has 0 bridgehead atoms. The lowest BCUT2D eigenvalue weighted by atomic mass is 9.94. The Morgan fingerprint density at radius 1 is 1.20 bits per heavy atom. The minimum atomic E-state index is -3.66. The molecule has 0 radical (unpaired) electrons. The second kappa shape index (κ2) is 7.66. The lowest BCUT2D eigenvalue weighted by Gasteiger charge is -2.16. The van der Waals surface area contributed by atoms with E-state index in [9.17, 15) is 18.7 Å². The number of fused-ring (bicyclic) bond motifs is 1. The van der Waals surface area contributed by atoms with Gasteiger partial charge in [-0.2, -0.15) is 0 Å². The summed E-state index contributed by atoms with van der Waals surface area (Å²) in [6, 6.07) is 11.5. The number of benzene rings is 2. The van der Waals surface area contributed by atoms with Gasteiger partial charge in [0.2, 0.25) is 0 Å². The van der Waals surface area contributed by atoms with Gasteiger partial charge in [-0.25, -0.2) is 4.98 Å². The SMILES string of the molecule is Cn1ccnc1C(CC(=O)O)c1ccc(OCc2ccc3c(c2)OC(F)(F)O3)cc1. The van der Waals surface area contributed by atoms with Crippen LogP contribution >= 0.6 is 0 Å². The number of alkyl halides is 2. The quantitative estimate of drug-likeness (QED) is 0.629. The number of aromatic nitrogens is 2. The fourth-order valence-corrected chi connectivity index (χ4v) is 3.29. The third-order valence-corrected chi connectivity index (χ3v) is 4.70. The highest BCUT2D eigenvalue weighted by molar-refractivity contribution is 5.68. The molecule has 2 aromatic carbocycles. The molecule has 0 spiro atoms. The summed E-state index contributed by atoms with van der Waals surface area (Å²) in [6.45, 7) is 0.138. The maximum atomic E-state index is 13.1. The van der Waals surface area contributed by atoms with E-state index in [0.29, 0.717) is 17.1 Å². The Balaban J connectivity index is 1.45. The van der Waals surface area contributed by atoms with Crippen molar-refractivity contribution in [3.8, 4) is 17.2 Å². The van der Waals surface area contributed by atoms with Crippen molar-refractivity contribution in [3.05, 3.63) is 71.8 Å². The summed E-state index contributed by atoms with van der Waals surface area (Å²) in [5.41, 5.74) is 1.43. The molecule has 1 aliphatic heterocycles. The molecule has 0 aliphatic carbocycles. The zero-order valence-electron chi connectivity index (χ0n) is 15.9. The predicted octanol–water partition coefficient (Wildman–Crippen LogP) is 3.93. The average Bonchev–Trinajstić information content (AvgIpc) is 3.25. The van der Waals surface area contributed by atoms with E-state index in [4.69, 9.17) is 4.74 Å². The van der Waals surface area contributed by atoms with Gasteiger partial charge in [-0.05, 0) is 35.4 Å². The van der Waals surface area contributed by atoms with Crippen LogP contribution in [0.4, 0.5) is 8.78 Å². The molecule has 1 atom stereocenters. The van der Waals surface area contributed by atoms with Crippen LogP contribution in [-0.2, 0) is 18.4 Å². The third kappa shape index (κ3) is 4.19. The number of aliphatic carboxylic acids is 1. The molecule has 0 amide bonds. The first-order valence-electron chi connectivity index (χ1n) is 9.11. The summed E-state index contributed by atoms with van der Waals surface area (Å²) in [5.74, 6) is -0.169. The first kappa shape index (κ1) is 19.7. The van der Waals surface area contributed by atoms with Gasteiger partial charge in [0.1, 0.15) is 18.2 Å². The first-order chi connectivity index (χ1) is 14.3. The minimum absolute atomic E-state index is 0.0214. The number of imidazole rings is 1. The molecule has 0 saturated carbocycles.